The molecular formula is C36H26BrNO2S. The number of hydrogen-bond donors (Lipinski definition) is 0. The molecule has 3 nitrogen and oxygen atoms in total. The number of anilines is 1. The van der Waals surface area contributed by atoms with E-state index >= 15 is 4.79 Å². The van der Waals surface area contributed by atoms with Gasteiger partial charge in [-0.15, -0.1) is 11.8 Å². The zero-order chi connectivity index (χ0) is 27.8. The smallest absolute Gasteiger partial charge is 0.266 e. The highest BCUT2D eigenvalue weighted by Gasteiger charge is 2.54. The van der Waals surface area contributed by atoms with Crippen LogP contribution in [0.3, 0.4) is 0 Å². The number of carbonyl (C=O) groups excluding carboxylic acids is 1. The van der Waals surface area contributed by atoms with E-state index in [2.05, 4.69) is 52.3 Å². The quantitative estimate of drug-likeness (QED) is 0.202. The highest BCUT2D eigenvalue weighted by Crippen LogP contribution is 2.58. The molecule has 0 N–H and O–H groups in total. The van der Waals surface area contributed by atoms with E-state index in [1.165, 1.54) is 5.56 Å². The molecule has 5 aromatic carbocycles. The van der Waals surface area contributed by atoms with Gasteiger partial charge in [-0.2, -0.15) is 0 Å². The maximum atomic E-state index is 15.1. The van der Waals surface area contributed by atoms with E-state index in [4.69, 9.17) is 4.74 Å². The van der Waals surface area contributed by atoms with E-state index in [9.17, 15) is 0 Å². The molecule has 2 atom stereocenters. The number of benzene rings is 5. The summed E-state index contributed by atoms with van der Waals surface area (Å²) in [6, 6.07) is 46.6. The van der Waals surface area contributed by atoms with Crippen LogP contribution in [0, 0.1) is 0 Å². The minimum atomic E-state index is -1.10. The molecule has 2 aliphatic rings. The largest absolute Gasteiger partial charge is 0.462 e. The molecule has 0 saturated heterocycles. The maximum Gasteiger partial charge on any atom is 0.266 e. The number of rotatable bonds is 4. The first-order chi connectivity index (χ1) is 20.2. The minimum Gasteiger partial charge on any atom is -0.462 e. The molecule has 0 saturated carbocycles. The summed E-state index contributed by atoms with van der Waals surface area (Å²) in [5.74, 6) is 0.517. The molecule has 2 aliphatic heterocycles. The van der Waals surface area contributed by atoms with Gasteiger partial charge in [-0.05, 0) is 29.3 Å². The number of carbonyl (C=O) groups is 1. The van der Waals surface area contributed by atoms with Crippen LogP contribution in [0.2, 0.25) is 0 Å². The number of amides is 1. The van der Waals surface area contributed by atoms with Crippen LogP contribution < -0.4 is 4.90 Å². The summed E-state index contributed by atoms with van der Waals surface area (Å²) in [4.78, 5) is 18.1. The summed E-state index contributed by atoms with van der Waals surface area (Å²) in [5.41, 5.74) is 4.11. The van der Waals surface area contributed by atoms with Crippen LogP contribution in [-0.2, 0) is 15.3 Å². The molecule has 0 unspecified atom stereocenters. The van der Waals surface area contributed by atoms with Crippen molar-refractivity contribution in [2.75, 3.05) is 4.90 Å². The topological polar surface area (TPSA) is 29.5 Å². The number of thioether (sulfide) groups is 1. The second-order valence-electron chi connectivity index (χ2n) is 10.1. The van der Waals surface area contributed by atoms with E-state index in [-0.39, 0.29) is 11.2 Å². The third-order valence-electron chi connectivity index (χ3n) is 7.69. The first kappa shape index (κ1) is 25.9. The molecule has 0 aromatic heterocycles. The van der Waals surface area contributed by atoms with Gasteiger partial charge in [-0.3, -0.25) is 9.69 Å². The molecule has 41 heavy (non-hydrogen) atoms. The molecule has 0 radical (unpaired) electrons. The Morgan fingerprint density at radius 2 is 1.29 bits per heavy atom. The Hall–Kier alpha value is -4.06. The van der Waals surface area contributed by atoms with Gasteiger partial charge >= 0.3 is 0 Å². The van der Waals surface area contributed by atoms with Gasteiger partial charge in [-0.25, -0.2) is 0 Å². The first-order valence-electron chi connectivity index (χ1n) is 13.6. The standard InChI is InChI=1S/C36H26BrNO2S/c37-29-21-11-10-20-28(29)32-24-36(27-18-8-3-9-19-27)38(30-22-12-13-23-31(30)41-32)35(39)33(25-14-4-1-5-15-25)34(40-36)26-16-6-2-7-17-26/h1-23,32H,24H2/t32-,36-/m0/s1. The first-order valence-corrected chi connectivity index (χ1v) is 15.3. The minimum absolute atomic E-state index is 0.0000276. The van der Waals surface area contributed by atoms with Crippen molar-refractivity contribution in [3.05, 3.63) is 166 Å². The van der Waals surface area contributed by atoms with Crippen LogP contribution in [0.4, 0.5) is 5.69 Å². The van der Waals surface area contributed by atoms with Gasteiger partial charge in [0.2, 0.25) is 5.72 Å². The normalized spacial score (nSPS) is 20.1. The third kappa shape index (κ3) is 4.50. The SMILES string of the molecule is O=C1C(c2ccccc2)=C(c2ccccc2)O[C@]2(c3ccccc3)C[C@@H](c3ccccc3Br)Sc3ccccc3N12. The second kappa shape index (κ2) is 10.7. The van der Waals surface area contributed by atoms with Crippen LogP contribution in [0.1, 0.15) is 33.9 Å². The number of ether oxygens (including phenoxy) is 1. The molecule has 5 aromatic rings. The van der Waals surface area contributed by atoms with E-state index in [1.54, 1.807) is 11.8 Å². The van der Waals surface area contributed by atoms with Crippen molar-refractivity contribution in [2.45, 2.75) is 22.3 Å². The Labute approximate surface area is 252 Å². The molecule has 0 aliphatic carbocycles. The molecule has 1 amide bonds. The van der Waals surface area contributed by atoms with E-state index in [0.717, 1.165) is 31.7 Å². The summed E-state index contributed by atoms with van der Waals surface area (Å²) in [5, 5.41) is 0.0000276. The Balaban J connectivity index is 1.55. The lowest BCUT2D eigenvalue weighted by molar-refractivity contribution is -0.120. The molecule has 0 bridgehead atoms. The fraction of sp³-hybridized carbons (Fsp3) is 0.0833. The highest BCUT2D eigenvalue weighted by atomic mass is 79.9. The van der Waals surface area contributed by atoms with Gasteiger partial charge in [-0.1, -0.05) is 137 Å². The Morgan fingerprint density at radius 1 is 0.707 bits per heavy atom. The van der Waals surface area contributed by atoms with Crippen LogP contribution in [0.5, 0.6) is 0 Å². The van der Waals surface area contributed by atoms with Crippen LogP contribution in [0.15, 0.2) is 149 Å². The molecule has 200 valence electrons. The fourth-order valence-corrected chi connectivity index (χ4v) is 7.93. The van der Waals surface area contributed by atoms with Crippen molar-refractivity contribution in [2.24, 2.45) is 0 Å². The predicted octanol–water partition coefficient (Wildman–Crippen LogP) is 9.47. The van der Waals surface area contributed by atoms with Crippen LogP contribution >= 0.6 is 27.7 Å². The average Bonchev–Trinajstić information content (AvgIpc) is 3.18. The predicted molar refractivity (Wildman–Crippen MR) is 170 cm³/mol. The highest BCUT2D eigenvalue weighted by molar-refractivity contribution is 9.10. The van der Waals surface area contributed by atoms with Gasteiger partial charge in [0.05, 0.1) is 11.3 Å². The summed E-state index contributed by atoms with van der Waals surface area (Å²) >= 11 is 5.59. The van der Waals surface area contributed by atoms with E-state index in [1.807, 2.05) is 108 Å². The third-order valence-corrected chi connectivity index (χ3v) is 9.72. The number of halogens is 1. The van der Waals surface area contributed by atoms with Crippen molar-refractivity contribution >= 4 is 50.6 Å². The van der Waals surface area contributed by atoms with Gasteiger partial charge in [0.15, 0.2) is 0 Å². The van der Waals surface area contributed by atoms with Gasteiger partial charge in [0.25, 0.3) is 5.91 Å². The van der Waals surface area contributed by atoms with E-state index in [0.29, 0.717) is 17.8 Å². The summed E-state index contributed by atoms with van der Waals surface area (Å²) in [6.07, 6.45) is 0.545. The van der Waals surface area contributed by atoms with Crippen molar-refractivity contribution in [3.63, 3.8) is 0 Å². The summed E-state index contributed by atoms with van der Waals surface area (Å²) < 4.78 is 8.41. The average molecular weight is 617 g/mol. The summed E-state index contributed by atoms with van der Waals surface area (Å²) in [7, 11) is 0. The lowest BCUT2D eigenvalue weighted by Crippen LogP contribution is -2.55. The monoisotopic (exact) mass is 615 g/mol. The number of hydrogen-bond acceptors (Lipinski definition) is 3. The molecule has 5 heteroatoms. The number of nitrogens with zero attached hydrogens (tertiary/aromatic N) is 1. The van der Waals surface area contributed by atoms with Crippen molar-refractivity contribution in [3.8, 4) is 0 Å². The van der Waals surface area contributed by atoms with Crippen LogP contribution in [0.25, 0.3) is 11.3 Å². The van der Waals surface area contributed by atoms with Crippen molar-refractivity contribution in [1.82, 2.24) is 0 Å². The van der Waals surface area contributed by atoms with Gasteiger partial charge < -0.3 is 4.74 Å². The molecule has 0 spiro atoms. The maximum absolute atomic E-state index is 15.1. The molecule has 2 heterocycles. The van der Waals surface area contributed by atoms with Gasteiger partial charge in [0, 0.05) is 32.2 Å². The zero-order valence-corrected chi connectivity index (χ0v) is 24.5. The molecule has 0 fully saturated rings. The Bertz CT molecular complexity index is 1760. The molecular weight excluding hydrogens is 590 g/mol. The number of para-hydroxylation sites is 1. The second-order valence-corrected chi connectivity index (χ2v) is 12.2. The zero-order valence-electron chi connectivity index (χ0n) is 22.1. The van der Waals surface area contributed by atoms with Gasteiger partial charge in [0.1, 0.15) is 5.76 Å². The molecule has 7 rings (SSSR count). The van der Waals surface area contributed by atoms with E-state index < -0.39 is 5.72 Å². The lowest BCUT2D eigenvalue weighted by Gasteiger charge is -2.48. The Morgan fingerprint density at radius 3 is 2.00 bits per heavy atom. The Kier molecular flexibility index (Phi) is 6.77. The van der Waals surface area contributed by atoms with Crippen LogP contribution in [-0.4, -0.2) is 5.91 Å². The number of fused-ring (bicyclic) bond motifs is 3. The van der Waals surface area contributed by atoms with Crippen molar-refractivity contribution < 1.29 is 9.53 Å². The fourth-order valence-electron chi connectivity index (χ4n) is 5.83. The summed E-state index contributed by atoms with van der Waals surface area (Å²) in [6.45, 7) is 0. The lowest BCUT2D eigenvalue weighted by atomic mass is 9.87. The van der Waals surface area contributed by atoms with Crippen molar-refractivity contribution in [1.29, 1.82) is 0 Å².